The first kappa shape index (κ1) is 19.7. The first-order valence-electron chi connectivity index (χ1n) is 7.99. The van der Waals surface area contributed by atoms with Crippen LogP contribution >= 0.6 is 12.4 Å². The number of hydrogen-bond donors (Lipinski definition) is 1. The first-order valence-corrected chi connectivity index (χ1v) is 7.99. The second kappa shape index (κ2) is 8.50. The topological polar surface area (TPSA) is 54.5 Å². The van der Waals surface area contributed by atoms with Crippen LogP contribution in [-0.4, -0.2) is 47.1 Å². The van der Waals surface area contributed by atoms with Crippen molar-refractivity contribution in [2.45, 2.75) is 52.2 Å². The van der Waals surface area contributed by atoms with Gasteiger partial charge in [-0.3, -0.25) is 4.79 Å². The average Bonchev–Trinajstić information content (AvgIpc) is 2.43. The molecule has 0 radical (unpaired) electrons. The van der Waals surface area contributed by atoms with Crippen LogP contribution in [0.25, 0.3) is 0 Å². The van der Waals surface area contributed by atoms with Crippen molar-refractivity contribution in [2.75, 3.05) is 19.6 Å². The molecule has 0 aliphatic carbocycles. The molecule has 0 spiro atoms. The average molecular weight is 342 g/mol. The number of nitrogens with one attached hydrogen (secondary N) is 1. The maximum Gasteiger partial charge on any atom is 0.223 e. The molecule has 1 N–H and O–H groups in total. The van der Waals surface area contributed by atoms with Gasteiger partial charge in [0.15, 0.2) is 0 Å². The van der Waals surface area contributed by atoms with E-state index in [0.29, 0.717) is 24.8 Å². The van der Waals surface area contributed by atoms with E-state index in [1.807, 2.05) is 43.9 Å². The zero-order chi connectivity index (χ0) is 16.2. The van der Waals surface area contributed by atoms with E-state index >= 15 is 0 Å². The first-order chi connectivity index (χ1) is 10.3. The standard InChI is InChI=1S/C17H27N3O2.ClH/c1-13-12-20(11-10-18-13)16(21)9-8-14-6-5-7-15(19-14)22-17(2,3)4;/h5-7,13,18H,8-12H2,1-4H3;1H/t13-;/m1./s1. The van der Waals surface area contributed by atoms with Crippen LogP contribution in [0.3, 0.4) is 0 Å². The van der Waals surface area contributed by atoms with Crippen LogP contribution in [0.4, 0.5) is 0 Å². The van der Waals surface area contributed by atoms with Gasteiger partial charge in [-0.15, -0.1) is 12.4 Å². The number of nitrogens with zero attached hydrogens (tertiary/aromatic N) is 2. The number of rotatable bonds is 4. The summed E-state index contributed by atoms with van der Waals surface area (Å²) in [5.74, 6) is 0.825. The molecule has 1 aliphatic heterocycles. The number of hydrogen-bond acceptors (Lipinski definition) is 4. The van der Waals surface area contributed by atoms with Crippen molar-refractivity contribution in [3.8, 4) is 5.88 Å². The monoisotopic (exact) mass is 341 g/mol. The number of halogens is 1. The lowest BCUT2D eigenvalue weighted by atomic mass is 10.1. The fourth-order valence-electron chi connectivity index (χ4n) is 2.52. The predicted octanol–water partition coefficient (Wildman–Crippen LogP) is 2.43. The van der Waals surface area contributed by atoms with E-state index < -0.39 is 0 Å². The maximum atomic E-state index is 12.3. The maximum absolute atomic E-state index is 12.3. The van der Waals surface area contributed by atoms with Gasteiger partial charge in [0.1, 0.15) is 5.60 Å². The largest absolute Gasteiger partial charge is 0.472 e. The Hall–Kier alpha value is -1.33. The van der Waals surface area contributed by atoms with Crippen molar-refractivity contribution in [1.82, 2.24) is 15.2 Å². The van der Waals surface area contributed by atoms with Crippen LogP contribution in [0.1, 0.15) is 39.8 Å². The molecule has 1 aromatic rings. The smallest absolute Gasteiger partial charge is 0.223 e. The van der Waals surface area contributed by atoms with Gasteiger partial charge in [0.25, 0.3) is 0 Å². The van der Waals surface area contributed by atoms with Gasteiger partial charge in [-0.25, -0.2) is 4.98 Å². The number of piperazine rings is 1. The molecule has 2 rings (SSSR count). The summed E-state index contributed by atoms with van der Waals surface area (Å²) >= 11 is 0. The molecule has 1 aromatic heterocycles. The van der Waals surface area contributed by atoms with Crippen molar-refractivity contribution >= 4 is 18.3 Å². The number of pyridine rings is 1. The Bertz CT molecular complexity index is 517. The quantitative estimate of drug-likeness (QED) is 0.914. The van der Waals surface area contributed by atoms with Gasteiger partial charge in [0, 0.05) is 43.9 Å². The summed E-state index contributed by atoms with van der Waals surface area (Å²) in [7, 11) is 0. The highest BCUT2D eigenvalue weighted by Gasteiger charge is 2.20. The summed E-state index contributed by atoms with van der Waals surface area (Å²) in [5, 5.41) is 3.35. The third-order valence-corrected chi connectivity index (χ3v) is 3.51. The minimum atomic E-state index is -0.265. The third kappa shape index (κ3) is 6.75. The second-order valence-electron chi connectivity index (χ2n) is 6.88. The van der Waals surface area contributed by atoms with Gasteiger partial charge in [-0.2, -0.15) is 0 Å². The highest BCUT2D eigenvalue weighted by molar-refractivity contribution is 5.85. The molecule has 5 nitrogen and oxygen atoms in total. The summed E-state index contributed by atoms with van der Waals surface area (Å²) in [5.41, 5.74) is 0.636. The Morgan fingerprint density at radius 1 is 1.43 bits per heavy atom. The van der Waals surface area contributed by atoms with E-state index in [2.05, 4.69) is 17.2 Å². The zero-order valence-electron chi connectivity index (χ0n) is 14.5. The molecule has 0 unspecified atom stereocenters. The van der Waals surface area contributed by atoms with E-state index in [-0.39, 0.29) is 23.9 Å². The molecular formula is C17H28ClN3O2. The number of carbonyl (C=O) groups is 1. The van der Waals surface area contributed by atoms with E-state index in [4.69, 9.17) is 4.74 Å². The van der Waals surface area contributed by atoms with Crippen LogP contribution in [0.15, 0.2) is 18.2 Å². The van der Waals surface area contributed by atoms with Gasteiger partial charge < -0.3 is 15.0 Å². The minimum absolute atomic E-state index is 0. The van der Waals surface area contributed by atoms with Crippen molar-refractivity contribution in [3.63, 3.8) is 0 Å². The van der Waals surface area contributed by atoms with Gasteiger partial charge in [0.05, 0.1) is 0 Å². The molecule has 23 heavy (non-hydrogen) atoms. The van der Waals surface area contributed by atoms with Crippen LogP contribution in [0.5, 0.6) is 5.88 Å². The van der Waals surface area contributed by atoms with Gasteiger partial charge in [-0.05, 0) is 40.2 Å². The van der Waals surface area contributed by atoms with Crippen molar-refractivity contribution < 1.29 is 9.53 Å². The Kier molecular flexibility index (Phi) is 7.29. The van der Waals surface area contributed by atoms with Crippen molar-refractivity contribution in [3.05, 3.63) is 23.9 Å². The number of aryl methyl sites for hydroxylation is 1. The fraction of sp³-hybridized carbons (Fsp3) is 0.647. The molecule has 6 heteroatoms. The Balaban J connectivity index is 0.00000264. The molecule has 1 amide bonds. The van der Waals surface area contributed by atoms with Crippen LogP contribution in [0.2, 0.25) is 0 Å². The lowest BCUT2D eigenvalue weighted by Crippen LogP contribution is -2.51. The summed E-state index contributed by atoms with van der Waals surface area (Å²) in [4.78, 5) is 18.7. The molecular weight excluding hydrogens is 314 g/mol. The highest BCUT2D eigenvalue weighted by atomic mass is 35.5. The molecule has 0 saturated carbocycles. The Morgan fingerprint density at radius 2 is 2.17 bits per heavy atom. The van der Waals surface area contributed by atoms with Gasteiger partial charge >= 0.3 is 0 Å². The SMILES string of the molecule is C[C@@H]1CN(C(=O)CCc2cccc(OC(C)(C)C)n2)CCN1.Cl. The molecule has 1 aliphatic rings. The lowest BCUT2D eigenvalue weighted by Gasteiger charge is -2.32. The highest BCUT2D eigenvalue weighted by Crippen LogP contribution is 2.16. The fourth-order valence-corrected chi connectivity index (χ4v) is 2.52. The number of aromatic nitrogens is 1. The molecule has 1 saturated heterocycles. The molecule has 0 bridgehead atoms. The van der Waals surface area contributed by atoms with Crippen molar-refractivity contribution in [1.29, 1.82) is 0 Å². The lowest BCUT2D eigenvalue weighted by molar-refractivity contribution is -0.132. The van der Waals surface area contributed by atoms with Gasteiger partial charge in [-0.1, -0.05) is 6.07 Å². The van der Waals surface area contributed by atoms with Crippen molar-refractivity contribution in [2.24, 2.45) is 0 Å². The number of ether oxygens (including phenoxy) is 1. The Labute approximate surface area is 145 Å². The summed E-state index contributed by atoms with van der Waals surface area (Å²) in [6.07, 6.45) is 1.15. The minimum Gasteiger partial charge on any atom is -0.472 e. The molecule has 0 aromatic carbocycles. The van der Waals surface area contributed by atoms with Crippen LogP contribution < -0.4 is 10.1 Å². The normalized spacial score (nSPS) is 18.3. The van der Waals surface area contributed by atoms with E-state index in [0.717, 1.165) is 25.3 Å². The van der Waals surface area contributed by atoms with Crippen LogP contribution in [-0.2, 0) is 11.2 Å². The van der Waals surface area contributed by atoms with Crippen LogP contribution in [0, 0.1) is 0 Å². The summed E-state index contributed by atoms with van der Waals surface area (Å²) in [6, 6.07) is 6.11. The Morgan fingerprint density at radius 3 is 2.83 bits per heavy atom. The molecule has 1 fully saturated rings. The predicted molar refractivity (Wildman–Crippen MR) is 94.2 cm³/mol. The summed E-state index contributed by atoms with van der Waals surface area (Å²) < 4.78 is 5.76. The van der Waals surface area contributed by atoms with Gasteiger partial charge in [0.2, 0.25) is 11.8 Å². The zero-order valence-corrected chi connectivity index (χ0v) is 15.3. The molecule has 130 valence electrons. The van der Waals surface area contributed by atoms with E-state index in [9.17, 15) is 4.79 Å². The number of carbonyl (C=O) groups excluding carboxylic acids is 1. The molecule has 1 atom stereocenters. The van der Waals surface area contributed by atoms with E-state index in [1.54, 1.807) is 0 Å². The number of amides is 1. The van der Waals surface area contributed by atoms with E-state index in [1.165, 1.54) is 0 Å². The second-order valence-corrected chi connectivity index (χ2v) is 6.88. The summed E-state index contributed by atoms with van der Waals surface area (Å²) in [6.45, 7) is 10.6. The molecule has 2 heterocycles. The third-order valence-electron chi connectivity index (χ3n) is 3.51.